The van der Waals surface area contributed by atoms with Crippen molar-refractivity contribution in [2.45, 2.75) is 6.42 Å². The van der Waals surface area contributed by atoms with Gasteiger partial charge in [0.1, 0.15) is 9.84 Å². The molecule has 0 saturated carbocycles. The number of phenolic OH excluding ortho intramolecular Hbond substituents is 1. The van der Waals surface area contributed by atoms with Gasteiger partial charge in [0.05, 0.1) is 12.4 Å². The molecule has 0 amide bonds. The first kappa shape index (κ1) is 13.7. The lowest BCUT2D eigenvalue weighted by molar-refractivity contribution is 0.291. The molecule has 0 radical (unpaired) electrons. The number of rotatable bonds is 5. The molecule has 1 aromatic rings. The molecular formula is C10H12F2O4S. The summed E-state index contributed by atoms with van der Waals surface area (Å²) in [6, 6.07) is 2.04. The molecule has 0 heterocycles. The van der Waals surface area contributed by atoms with Gasteiger partial charge in [-0.3, -0.25) is 0 Å². The van der Waals surface area contributed by atoms with Crippen LogP contribution >= 0.6 is 0 Å². The Morgan fingerprint density at radius 1 is 1.29 bits per heavy atom. The molecule has 0 atom stereocenters. The van der Waals surface area contributed by atoms with Gasteiger partial charge in [-0.15, -0.1) is 0 Å². The molecule has 0 bridgehead atoms. The van der Waals surface area contributed by atoms with E-state index in [4.69, 9.17) is 9.84 Å². The van der Waals surface area contributed by atoms with Crippen molar-refractivity contribution in [1.82, 2.24) is 0 Å². The van der Waals surface area contributed by atoms with Crippen molar-refractivity contribution in [3.8, 4) is 11.5 Å². The van der Waals surface area contributed by atoms with Crippen LogP contribution < -0.4 is 4.74 Å². The second kappa shape index (κ2) is 5.31. The zero-order valence-electron chi connectivity index (χ0n) is 9.11. The third kappa shape index (κ3) is 4.18. The number of hydrogen-bond acceptors (Lipinski definition) is 4. The van der Waals surface area contributed by atoms with Gasteiger partial charge in [-0.2, -0.15) is 8.78 Å². The molecule has 0 aliphatic rings. The highest BCUT2D eigenvalue weighted by molar-refractivity contribution is 7.90. The van der Waals surface area contributed by atoms with E-state index in [0.29, 0.717) is 0 Å². The van der Waals surface area contributed by atoms with Crippen LogP contribution in [0, 0.1) is 11.6 Å². The Labute approximate surface area is 97.8 Å². The molecule has 0 aliphatic heterocycles. The van der Waals surface area contributed by atoms with E-state index in [1.54, 1.807) is 0 Å². The third-order valence-electron chi connectivity index (χ3n) is 1.94. The lowest BCUT2D eigenvalue weighted by Crippen LogP contribution is -2.08. The van der Waals surface area contributed by atoms with E-state index in [-0.39, 0.29) is 24.5 Å². The van der Waals surface area contributed by atoms with Crippen LogP contribution in [0.25, 0.3) is 0 Å². The second-order valence-electron chi connectivity index (χ2n) is 3.54. The quantitative estimate of drug-likeness (QED) is 0.820. The fourth-order valence-corrected chi connectivity index (χ4v) is 1.78. The van der Waals surface area contributed by atoms with Gasteiger partial charge in [0.25, 0.3) is 0 Å². The van der Waals surface area contributed by atoms with Gasteiger partial charge in [-0.25, -0.2) is 8.42 Å². The van der Waals surface area contributed by atoms with Crippen LogP contribution in [0.4, 0.5) is 8.78 Å². The van der Waals surface area contributed by atoms with Gasteiger partial charge in [0.15, 0.2) is 11.5 Å². The number of aromatic hydroxyl groups is 1. The summed E-state index contributed by atoms with van der Waals surface area (Å²) in [4.78, 5) is 0. The van der Waals surface area contributed by atoms with Gasteiger partial charge in [0, 0.05) is 6.26 Å². The summed E-state index contributed by atoms with van der Waals surface area (Å²) < 4.78 is 52.5. The normalized spacial score (nSPS) is 11.5. The van der Waals surface area contributed by atoms with Gasteiger partial charge >= 0.3 is 0 Å². The molecule has 0 spiro atoms. The first-order valence-electron chi connectivity index (χ1n) is 4.79. The van der Waals surface area contributed by atoms with E-state index in [0.717, 1.165) is 18.4 Å². The lowest BCUT2D eigenvalue weighted by atomic mass is 10.3. The Kier molecular flexibility index (Phi) is 4.28. The SMILES string of the molecule is CS(=O)(=O)CCCOc1ccc(O)c(F)c1F. The minimum Gasteiger partial charge on any atom is -0.505 e. The van der Waals surface area contributed by atoms with Gasteiger partial charge in [0.2, 0.25) is 11.6 Å². The number of phenols is 1. The molecule has 1 aromatic carbocycles. The summed E-state index contributed by atoms with van der Waals surface area (Å²) in [5, 5.41) is 8.85. The zero-order chi connectivity index (χ0) is 13.1. The molecule has 17 heavy (non-hydrogen) atoms. The minimum atomic E-state index is -3.09. The maximum Gasteiger partial charge on any atom is 0.204 e. The van der Waals surface area contributed by atoms with Crippen molar-refractivity contribution in [2.24, 2.45) is 0 Å². The number of benzene rings is 1. The standard InChI is InChI=1S/C10H12F2O4S/c1-17(14,15)6-2-5-16-8-4-3-7(13)9(11)10(8)12/h3-4,13H,2,5-6H2,1H3. The fourth-order valence-electron chi connectivity index (χ4n) is 1.14. The zero-order valence-corrected chi connectivity index (χ0v) is 9.93. The maximum absolute atomic E-state index is 13.1. The average Bonchev–Trinajstić information content (AvgIpc) is 2.22. The Hall–Kier alpha value is -1.37. The Morgan fingerprint density at radius 3 is 2.53 bits per heavy atom. The van der Waals surface area contributed by atoms with E-state index in [1.165, 1.54) is 0 Å². The second-order valence-corrected chi connectivity index (χ2v) is 5.80. The molecule has 96 valence electrons. The maximum atomic E-state index is 13.1. The monoisotopic (exact) mass is 266 g/mol. The molecule has 0 aromatic heterocycles. The number of ether oxygens (including phenoxy) is 1. The Morgan fingerprint density at radius 2 is 1.94 bits per heavy atom. The van der Waals surface area contributed by atoms with E-state index in [2.05, 4.69) is 0 Å². The highest BCUT2D eigenvalue weighted by atomic mass is 32.2. The first-order valence-corrected chi connectivity index (χ1v) is 6.85. The van der Waals surface area contributed by atoms with Crippen LogP contribution in [0.5, 0.6) is 11.5 Å². The topological polar surface area (TPSA) is 63.6 Å². The van der Waals surface area contributed by atoms with Crippen molar-refractivity contribution >= 4 is 9.84 Å². The molecule has 0 saturated heterocycles. The van der Waals surface area contributed by atoms with Crippen LogP contribution in [-0.2, 0) is 9.84 Å². The number of halogens is 2. The van der Waals surface area contributed by atoms with E-state index < -0.39 is 27.2 Å². The molecular weight excluding hydrogens is 254 g/mol. The highest BCUT2D eigenvalue weighted by Crippen LogP contribution is 2.26. The predicted molar refractivity (Wildman–Crippen MR) is 57.8 cm³/mol. The fraction of sp³-hybridized carbons (Fsp3) is 0.400. The highest BCUT2D eigenvalue weighted by Gasteiger charge is 2.13. The van der Waals surface area contributed by atoms with Gasteiger partial charge < -0.3 is 9.84 Å². The Balaban J connectivity index is 2.56. The van der Waals surface area contributed by atoms with Crippen LogP contribution in [0.2, 0.25) is 0 Å². The molecule has 0 fully saturated rings. The van der Waals surface area contributed by atoms with Gasteiger partial charge in [-0.05, 0) is 18.6 Å². The van der Waals surface area contributed by atoms with Crippen LogP contribution in [-0.4, -0.2) is 32.1 Å². The van der Waals surface area contributed by atoms with E-state index in [1.807, 2.05) is 0 Å². The molecule has 1 N–H and O–H groups in total. The molecule has 0 unspecified atom stereocenters. The summed E-state index contributed by atoms with van der Waals surface area (Å²) in [6.07, 6.45) is 1.26. The summed E-state index contributed by atoms with van der Waals surface area (Å²) in [6.45, 7) is -0.0474. The smallest absolute Gasteiger partial charge is 0.204 e. The molecule has 0 aliphatic carbocycles. The molecule has 1 rings (SSSR count). The third-order valence-corrected chi connectivity index (χ3v) is 2.97. The van der Waals surface area contributed by atoms with Crippen molar-refractivity contribution < 1.29 is 27.0 Å². The summed E-state index contributed by atoms with van der Waals surface area (Å²) in [5.41, 5.74) is 0. The van der Waals surface area contributed by atoms with E-state index >= 15 is 0 Å². The molecule has 7 heteroatoms. The first-order chi connectivity index (χ1) is 7.81. The van der Waals surface area contributed by atoms with E-state index in [9.17, 15) is 17.2 Å². The van der Waals surface area contributed by atoms with Crippen molar-refractivity contribution in [1.29, 1.82) is 0 Å². The largest absolute Gasteiger partial charge is 0.505 e. The number of sulfone groups is 1. The van der Waals surface area contributed by atoms with Crippen LogP contribution in [0.15, 0.2) is 12.1 Å². The lowest BCUT2D eigenvalue weighted by Gasteiger charge is -2.07. The summed E-state index contributed by atoms with van der Waals surface area (Å²) in [7, 11) is -3.09. The van der Waals surface area contributed by atoms with Crippen molar-refractivity contribution in [3.63, 3.8) is 0 Å². The minimum absolute atomic E-state index is 0.0474. The van der Waals surface area contributed by atoms with Crippen LogP contribution in [0.3, 0.4) is 0 Å². The number of hydrogen-bond donors (Lipinski definition) is 1. The average molecular weight is 266 g/mol. The predicted octanol–water partition coefficient (Wildman–Crippen LogP) is 1.48. The molecule has 4 nitrogen and oxygen atoms in total. The van der Waals surface area contributed by atoms with Crippen molar-refractivity contribution in [2.75, 3.05) is 18.6 Å². The van der Waals surface area contributed by atoms with Gasteiger partial charge in [-0.1, -0.05) is 0 Å². The summed E-state index contributed by atoms with van der Waals surface area (Å²) in [5.74, 6) is -3.91. The summed E-state index contributed by atoms with van der Waals surface area (Å²) >= 11 is 0. The Bertz CT molecular complexity index is 499. The van der Waals surface area contributed by atoms with Crippen molar-refractivity contribution in [3.05, 3.63) is 23.8 Å². The van der Waals surface area contributed by atoms with Crippen LogP contribution in [0.1, 0.15) is 6.42 Å².